The molecule has 0 spiro atoms. The van der Waals surface area contributed by atoms with Crippen molar-refractivity contribution in [2.75, 3.05) is 0 Å². The third kappa shape index (κ3) is 0.508. The first kappa shape index (κ1) is 4.00. The van der Waals surface area contributed by atoms with Crippen molar-refractivity contribution in [2.45, 2.75) is 18.6 Å². The fraction of sp³-hybridized carbons (Fsp3) is 1.00. The van der Waals surface area contributed by atoms with E-state index in [4.69, 9.17) is 0 Å². The van der Waals surface area contributed by atoms with Gasteiger partial charge in [0, 0.05) is 6.42 Å². The second kappa shape index (κ2) is 1.07. The third-order valence-electron chi connectivity index (χ3n) is 1.08. The Bertz CT molecular complexity index is 111. The second-order valence-corrected chi connectivity index (χ2v) is 2.50. The van der Waals surface area contributed by atoms with Crippen molar-refractivity contribution in [3.8, 4) is 0 Å². The molecule has 1 saturated heterocycles. The Kier molecular flexibility index (Phi) is 0.612. The van der Waals surface area contributed by atoms with Crippen molar-refractivity contribution >= 4 is 11.4 Å². The van der Waals surface area contributed by atoms with Crippen LogP contribution in [0.4, 0.5) is 0 Å². The largest absolute Gasteiger partial charge is 0.305 e. The molecule has 0 aromatic carbocycles. The minimum atomic E-state index is -1.40. The molecule has 2 rings (SSSR count). The van der Waals surface area contributed by atoms with Crippen LogP contribution in [0, 0.1) is 0 Å². The summed E-state index contributed by atoms with van der Waals surface area (Å²) in [6.07, 6.45) is 1.27. The first-order valence-electron chi connectivity index (χ1n) is 2.12. The molecule has 40 valence electrons. The maximum absolute atomic E-state index is 10.2. The minimum Gasteiger partial charge on any atom is -0.262 e. The predicted molar refractivity (Wildman–Crippen MR) is 22.5 cm³/mol. The molecule has 0 N–H and O–H groups in total. The van der Waals surface area contributed by atoms with E-state index in [1.165, 1.54) is 0 Å². The van der Waals surface area contributed by atoms with Gasteiger partial charge >= 0.3 is 11.4 Å². The Hall–Kier alpha value is 0.0700. The lowest BCUT2D eigenvalue weighted by molar-refractivity contribution is 0.341. The maximum atomic E-state index is 10.2. The Morgan fingerprint density at radius 1 is 1.43 bits per heavy atom. The minimum absolute atomic E-state index is 0.167. The molecule has 2 fully saturated rings. The summed E-state index contributed by atoms with van der Waals surface area (Å²) in [4.78, 5) is 0. The van der Waals surface area contributed by atoms with Gasteiger partial charge in [0.1, 0.15) is 12.2 Å². The zero-order chi connectivity index (χ0) is 4.85. The summed E-state index contributed by atoms with van der Waals surface area (Å²) in [6.45, 7) is 0. The van der Waals surface area contributed by atoms with E-state index in [-0.39, 0.29) is 12.2 Å². The highest BCUT2D eigenvalue weighted by Gasteiger charge is 2.49. The topological polar surface area (TPSA) is 35.5 Å². The van der Waals surface area contributed by atoms with Gasteiger partial charge in [0.2, 0.25) is 0 Å². The summed E-state index contributed by atoms with van der Waals surface area (Å²) < 4.78 is 19.5. The Balaban J connectivity index is 2.14. The monoisotopic (exact) mass is 120 g/mol. The fourth-order valence-electron chi connectivity index (χ4n) is 0.577. The van der Waals surface area contributed by atoms with Crippen LogP contribution in [-0.4, -0.2) is 16.4 Å². The maximum Gasteiger partial charge on any atom is 0.305 e. The van der Waals surface area contributed by atoms with E-state index in [1.54, 1.807) is 0 Å². The van der Waals surface area contributed by atoms with Crippen LogP contribution in [0.3, 0.4) is 0 Å². The van der Waals surface area contributed by atoms with Gasteiger partial charge in [-0.15, -0.1) is 0 Å². The molecule has 4 heteroatoms. The summed E-state index contributed by atoms with van der Waals surface area (Å²) >= 11 is -1.40. The zero-order valence-electron chi connectivity index (χ0n) is 3.49. The summed E-state index contributed by atoms with van der Waals surface area (Å²) in [5.74, 6) is 0. The van der Waals surface area contributed by atoms with E-state index in [1.807, 2.05) is 0 Å². The van der Waals surface area contributed by atoms with E-state index < -0.39 is 11.4 Å². The third-order valence-corrected chi connectivity index (χ3v) is 1.89. The highest BCUT2D eigenvalue weighted by molar-refractivity contribution is 7.75. The first-order chi connectivity index (χ1) is 3.36. The smallest absolute Gasteiger partial charge is 0.262 e. The molecule has 1 saturated carbocycles. The normalized spacial score (nSPS) is 56.9. The molecule has 3 nitrogen and oxygen atoms in total. The van der Waals surface area contributed by atoms with Gasteiger partial charge in [-0.25, -0.2) is 0 Å². The van der Waals surface area contributed by atoms with Crippen molar-refractivity contribution < 1.29 is 12.6 Å². The molecule has 0 amide bonds. The van der Waals surface area contributed by atoms with Crippen LogP contribution < -0.4 is 0 Å². The van der Waals surface area contributed by atoms with Crippen molar-refractivity contribution in [1.29, 1.82) is 0 Å². The molecular weight excluding hydrogens is 116 g/mol. The molecule has 1 heterocycles. The van der Waals surface area contributed by atoms with E-state index >= 15 is 0 Å². The summed E-state index contributed by atoms with van der Waals surface area (Å²) in [7, 11) is 0. The van der Waals surface area contributed by atoms with Crippen LogP contribution >= 0.6 is 0 Å². The lowest BCUT2D eigenvalue weighted by atomic mass is 10.8. The van der Waals surface area contributed by atoms with Crippen LogP contribution in [0.5, 0.6) is 0 Å². The van der Waals surface area contributed by atoms with Crippen molar-refractivity contribution in [3.63, 3.8) is 0 Å². The van der Waals surface area contributed by atoms with Gasteiger partial charge in [-0.2, -0.15) is 4.21 Å². The summed E-state index contributed by atoms with van der Waals surface area (Å²) in [5, 5.41) is 0. The van der Waals surface area contributed by atoms with Crippen LogP contribution in [0.1, 0.15) is 6.42 Å². The molecule has 2 unspecified atom stereocenters. The fourth-order valence-corrected chi connectivity index (χ4v) is 1.43. The average Bonchev–Trinajstić information content (AvgIpc) is 2.15. The summed E-state index contributed by atoms with van der Waals surface area (Å²) in [5.41, 5.74) is 0. The molecule has 0 aromatic heterocycles. The molecule has 1 aliphatic carbocycles. The Morgan fingerprint density at radius 3 is 2.29 bits per heavy atom. The number of rotatable bonds is 0. The van der Waals surface area contributed by atoms with Crippen molar-refractivity contribution in [1.82, 2.24) is 0 Å². The van der Waals surface area contributed by atoms with Gasteiger partial charge in [0.25, 0.3) is 0 Å². The lowest BCUT2D eigenvalue weighted by Gasteiger charge is -1.86. The number of fused-ring (bicyclic) bond motifs is 1. The quantitative estimate of drug-likeness (QED) is 0.442. The van der Waals surface area contributed by atoms with E-state index in [9.17, 15) is 4.21 Å². The average molecular weight is 120 g/mol. The Morgan fingerprint density at radius 2 is 2.00 bits per heavy atom. The molecule has 7 heavy (non-hydrogen) atoms. The van der Waals surface area contributed by atoms with Gasteiger partial charge < -0.3 is 0 Å². The van der Waals surface area contributed by atoms with Gasteiger partial charge in [-0.1, -0.05) is 0 Å². The highest BCUT2D eigenvalue weighted by atomic mass is 32.2. The van der Waals surface area contributed by atoms with E-state index in [0.717, 1.165) is 6.42 Å². The van der Waals surface area contributed by atoms with Crippen molar-refractivity contribution in [3.05, 3.63) is 0 Å². The molecule has 0 radical (unpaired) electrons. The highest BCUT2D eigenvalue weighted by Crippen LogP contribution is 2.36. The molecule has 0 aromatic rings. The number of hydrogen-bond acceptors (Lipinski definition) is 3. The van der Waals surface area contributed by atoms with Gasteiger partial charge in [0.15, 0.2) is 0 Å². The van der Waals surface area contributed by atoms with Gasteiger partial charge in [-0.3, -0.25) is 8.37 Å². The predicted octanol–water partition coefficient (Wildman–Crippen LogP) is -0.247. The molecule has 2 aliphatic rings. The standard InChI is InChI=1S/C3H4O3S/c4-7-5-2-1-3(2)6-7/h2-3H,1H2. The SMILES string of the molecule is O=S1OC2CC2O1. The van der Waals surface area contributed by atoms with Crippen LogP contribution in [0.15, 0.2) is 0 Å². The van der Waals surface area contributed by atoms with E-state index in [0.29, 0.717) is 0 Å². The van der Waals surface area contributed by atoms with Crippen LogP contribution in [0.2, 0.25) is 0 Å². The Labute approximate surface area is 43.5 Å². The molecular formula is C3H4O3S. The second-order valence-electron chi connectivity index (χ2n) is 1.71. The van der Waals surface area contributed by atoms with Crippen LogP contribution in [0.25, 0.3) is 0 Å². The number of hydrogen-bond donors (Lipinski definition) is 0. The van der Waals surface area contributed by atoms with Gasteiger partial charge in [0.05, 0.1) is 0 Å². The van der Waals surface area contributed by atoms with Crippen LogP contribution in [-0.2, 0) is 19.7 Å². The molecule has 2 atom stereocenters. The molecule has 1 aliphatic heterocycles. The molecule has 0 bridgehead atoms. The van der Waals surface area contributed by atoms with Crippen molar-refractivity contribution in [2.24, 2.45) is 0 Å². The summed E-state index contributed by atoms with van der Waals surface area (Å²) in [6, 6.07) is 0. The zero-order valence-corrected chi connectivity index (χ0v) is 4.31. The first-order valence-corrected chi connectivity index (χ1v) is 3.12. The van der Waals surface area contributed by atoms with E-state index in [2.05, 4.69) is 8.37 Å². The van der Waals surface area contributed by atoms with Gasteiger partial charge in [-0.05, 0) is 0 Å². The lowest BCUT2D eigenvalue weighted by Crippen LogP contribution is -1.91.